The Morgan fingerprint density at radius 1 is 0.881 bits per heavy atom. The predicted molar refractivity (Wildman–Crippen MR) is 138 cm³/mol. The van der Waals surface area contributed by atoms with Crippen molar-refractivity contribution in [2.24, 2.45) is 0 Å². The summed E-state index contributed by atoms with van der Waals surface area (Å²) < 4.78 is 87.8. The minimum Gasteiger partial charge on any atom is -0.324 e. The molecule has 0 aliphatic rings. The van der Waals surface area contributed by atoms with Gasteiger partial charge < -0.3 is 25.3 Å². The molecule has 42 heavy (non-hydrogen) atoms. The number of carbonyl (C=O) groups excluding carboxylic acids is 1. The van der Waals surface area contributed by atoms with Gasteiger partial charge in [0, 0.05) is 41.1 Å². The Labute approximate surface area is 233 Å². The summed E-state index contributed by atoms with van der Waals surface area (Å²) >= 11 is 0. The minimum absolute atomic E-state index is 0.0374. The fourth-order valence-electron chi connectivity index (χ4n) is 3.34. The fourth-order valence-corrected chi connectivity index (χ4v) is 3.34. The van der Waals surface area contributed by atoms with Crippen LogP contribution in [0.1, 0.15) is 27.0 Å². The van der Waals surface area contributed by atoms with Gasteiger partial charge in [0.1, 0.15) is 0 Å². The third-order valence-electron chi connectivity index (χ3n) is 5.20. The molecule has 0 aliphatic carbocycles. The van der Waals surface area contributed by atoms with E-state index in [9.17, 15) is 31.1 Å². The Balaban J connectivity index is 0.000000892. The van der Waals surface area contributed by atoms with Crippen molar-refractivity contribution in [1.29, 1.82) is 0 Å². The maximum absolute atomic E-state index is 13.1. The van der Waals surface area contributed by atoms with Crippen LogP contribution in [0.4, 0.5) is 43.7 Å². The van der Waals surface area contributed by atoms with Gasteiger partial charge in [-0.05, 0) is 61.0 Å². The summed E-state index contributed by atoms with van der Waals surface area (Å²) in [6.45, 7) is 1.75. The number of hydrogen-bond donors (Lipinski definition) is 5. The number of alkyl halides is 6. The van der Waals surface area contributed by atoms with E-state index in [1.165, 1.54) is 18.3 Å². The molecule has 1 amide bonds. The van der Waals surface area contributed by atoms with E-state index in [0.29, 0.717) is 29.1 Å². The Morgan fingerprint density at radius 3 is 2.05 bits per heavy atom. The molecule has 0 atom stereocenters. The van der Waals surface area contributed by atoms with Gasteiger partial charge in [-0.15, -0.1) is 0 Å². The second-order valence-corrected chi connectivity index (χ2v) is 9.45. The van der Waals surface area contributed by atoms with Gasteiger partial charge in [-0.1, -0.05) is 6.07 Å². The molecule has 10 nitrogen and oxygen atoms in total. The molecule has 17 heteroatoms. The van der Waals surface area contributed by atoms with Crippen LogP contribution in [0.15, 0.2) is 73.2 Å². The van der Waals surface area contributed by atoms with E-state index in [-0.39, 0.29) is 17.7 Å². The van der Waals surface area contributed by atoms with E-state index in [4.69, 9.17) is 19.2 Å². The quantitative estimate of drug-likeness (QED) is 0.135. The highest BCUT2D eigenvalue weighted by molar-refractivity contribution is 7.45. The van der Waals surface area contributed by atoms with Gasteiger partial charge in [0.15, 0.2) is 0 Å². The summed E-state index contributed by atoms with van der Waals surface area (Å²) in [5, 5.41) is 5.35. The van der Waals surface area contributed by atoms with Crippen LogP contribution in [0.2, 0.25) is 0 Å². The standard InChI is InChI=1S/C25H17F6N5O.H3O4P/c1-14-4-5-19(12-21(14)36-23-33-8-6-20(35-23)15-3-2-7-32-13-15)34-22(37)16-9-17(24(26,27)28)11-18(10-16)25(29,30)31;1-5(2,3)4/h2-13H,1H3,(H,34,37)(H,33,35,36);(H3,1,2,3,4). The number of pyridine rings is 1. The normalized spacial score (nSPS) is 11.8. The number of anilines is 3. The monoisotopic (exact) mass is 615 g/mol. The molecule has 0 fully saturated rings. The predicted octanol–water partition coefficient (Wildman–Crippen LogP) is 5.95. The molecule has 0 aliphatic heterocycles. The molecule has 0 bridgehead atoms. The summed E-state index contributed by atoms with van der Waals surface area (Å²) in [5.74, 6) is -0.915. The van der Waals surface area contributed by atoms with Gasteiger partial charge in [-0.3, -0.25) is 9.78 Å². The van der Waals surface area contributed by atoms with Crippen molar-refractivity contribution in [3.63, 3.8) is 0 Å². The fraction of sp³-hybridized carbons (Fsp3) is 0.120. The molecule has 222 valence electrons. The third-order valence-corrected chi connectivity index (χ3v) is 5.20. The number of aryl methyl sites for hydroxylation is 1. The van der Waals surface area contributed by atoms with Crippen LogP contribution in [-0.4, -0.2) is 35.5 Å². The first kappa shape index (κ1) is 32.1. The molecule has 2 aromatic heterocycles. The number of rotatable bonds is 5. The van der Waals surface area contributed by atoms with Gasteiger partial charge in [0.2, 0.25) is 5.95 Å². The molecule has 4 rings (SSSR count). The topological polar surface area (TPSA) is 158 Å². The molecule has 2 heterocycles. The number of amides is 1. The molecule has 4 aromatic rings. The zero-order valence-corrected chi connectivity index (χ0v) is 22.0. The lowest BCUT2D eigenvalue weighted by Crippen LogP contribution is -2.17. The van der Waals surface area contributed by atoms with E-state index in [0.717, 1.165) is 5.56 Å². The molecule has 2 aromatic carbocycles. The lowest BCUT2D eigenvalue weighted by Gasteiger charge is -2.15. The number of hydrogen-bond acceptors (Lipinski definition) is 6. The molecule has 5 N–H and O–H groups in total. The van der Waals surface area contributed by atoms with Crippen LogP contribution in [0.25, 0.3) is 11.3 Å². The van der Waals surface area contributed by atoms with Crippen LogP contribution >= 0.6 is 7.82 Å². The summed E-state index contributed by atoms with van der Waals surface area (Å²) in [5.41, 5.74) is -1.29. The second-order valence-electron chi connectivity index (χ2n) is 8.42. The molecular weight excluding hydrogens is 595 g/mol. The number of halogens is 6. The van der Waals surface area contributed by atoms with Crippen molar-refractivity contribution in [3.05, 3.63) is 95.4 Å². The first-order chi connectivity index (χ1) is 19.4. The Bertz CT molecular complexity index is 1570. The first-order valence-electron chi connectivity index (χ1n) is 11.4. The van der Waals surface area contributed by atoms with E-state index < -0.39 is 42.8 Å². The van der Waals surface area contributed by atoms with Crippen molar-refractivity contribution >= 4 is 31.1 Å². The average molecular weight is 615 g/mol. The van der Waals surface area contributed by atoms with Gasteiger partial charge >= 0.3 is 20.2 Å². The van der Waals surface area contributed by atoms with Gasteiger partial charge in [0.25, 0.3) is 5.91 Å². The van der Waals surface area contributed by atoms with Crippen molar-refractivity contribution in [3.8, 4) is 11.3 Å². The van der Waals surface area contributed by atoms with Crippen LogP contribution in [0.3, 0.4) is 0 Å². The summed E-state index contributed by atoms with van der Waals surface area (Å²) in [4.78, 5) is 46.8. The smallest absolute Gasteiger partial charge is 0.324 e. The van der Waals surface area contributed by atoms with Crippen LogP contribution in [0.5, 0.6) is 0 Å². The lowest BCUT2D eigenvalue weighted by molar-refractivity contribution is -0.143. The summed E-state index contributed by atoms with van der Waals surface area (Å²) in [6, 6.07) is 10.5. The number of phosphoric acid groups is 1. The maximum atomic E-state index is 13.1. The molecule has 0 spiro atoms. The molecule has 0 saturated carbocycles. The number of aromatic nitrogens is 3. The number of nitrogens with one attached hydrogen (secondary N) is 2. The molecule has 0 radical (unpaired) electrons. The van der Waals surface area contributed by atoms with Crippen molar-refractivity contribution in [2.45, 2.75) is 19.3 Å². The Morgan fingerprint density at radius 2 is 1.50 bits per heavy atom. The minimum atomic E-state index is -5.07. The third kappa shape index (κ3) is 9.62. The number of benzene rings is 2. The van der Waals surface area contributed by atoms with Gasteiger partial charge in [-0.25, -0.2) is 14.5 Å². The highest BCUT2D eigenvalue weighted by Gasteiger charge is 2.37. The highest BCUT2D eigenvalue weighted by atomic mass is 31.2. The number of nitrogens with zero attached hydrogens (tertiary/aromatic N) is 3. The largest absolute Gasteiger partial charge is 0.466 e. The van der Waals surface area contributed by atoms with E-state index in [2.05, 4.69) is 25.6 Å². The van der Waals surface area contributed by atoms with Crippen molar-refractivity contribution < 1.29 is 50.4 Å². The highest BCUT2D eigenvalue weighted by Crippen LogP contribution is 2.36. The van der Waals surface area contributed by atoms with Crippen LogP contribution < -0.4 is 10.6 Å². The zero-order chi connectivity index (χ0) is 31.3. The summed E-state index contributed by atoms with van der Waals surface area (Å²) in [6.07, 6.45) is -5.35. The molecular formula is C25H20F6N5O5P. The zero-order valence-electron chi connectivity index (χ0n) is 21.1. The van der Waals surface area contributed by atoms with Gasteiger partial charge in [-0.2, -0.15) is 26.3 Å². The van der Waals surface area contributed by atoms with E-state index in [1.54, 1.807) is 37.5 Å². The summed E-state index contributed by atoms with van der Waals surface area (Å²) in [7, 11) is -4.64. The number of carbonyl (C=O) groups is 1. The molecule has 0 saturated heterocycles. The Kier molecular flexibility index (Phi) is 9.68. The first-order valence-corrected chi connectivity index (χ1v) is 13.0. The Hall–Kier alpha value is -4.37. The molecule has 0 unspecified atom stereocenters. The van der Waals surface area contributed by atoms with E-state index in [1.807, 2.05) is 6.07 Å². The SMILES string of the molecule is Cc1ccc(NC(=O)c2cc(C(F)(F)F)cc(C(F)(F)F)c2)cc1Nc1nccc(-c2cccnc2)n1.O=P(O)(O)O. The van der Waals surface area contributed by atoms with E-state index >= 15 is 0 Å². The maximum Gasteiger partial charge on any atom is 0.466 e. The van der Waals surface area contributed by atoms with Crippen LogP contribution in [-0.2, 0) is 16.9 Å². The lowest BCUT2D eigenvalue weighted by atomic mass is 10.0. The average Bonchev–Trinajstić information content (AvgIpc) is 2.89. The van der Waals surface area contributed by atoms with Crippen LogP contribution in [0, 0.1) is 6.92 Å². The van der Waals surface area contributed by atoms with Crippen molar-refractivity contribution in [1.82, 2.24) is 15.0 Å². The van der Waals surface area contributed by atoms with Gasteiger partial charge in [0.05, 0.1) is 16.8 Å². The van der Waals surface area contributed by atoms with Crippen molar-refractivity contribution in [2.75, 3.05) is 10.6 Å². The second kappa shape index (κ2) is 12.7.